The van der Waals surface area contributed by atoms with E-state index in [0.29, 0.717) is 98.8 Å². The Balaban J connectivity index is 0.000000133. The van der Waals surface area contributed by atoms with Gasteiger partial charge in [-0.2, -0.15) is 5.10 Å². The van der Waals surface area contributed by atoms with Crippen LogP contribution in [0.4, 0.5) is 19.2 Å². The summed E-state index contributed by atoms with van der Waals surface area (Å²) in [4.78, 5) is 90.4. The van der Waals surface area contributed by atoms with Crippen LogP contribution in [-0.4, -0.2) is 220 Å². The first-order chi connectivity index (χ1) is 70.6. The van der Waals surface area contributed by atoms with Crippen LogP contribution in [0, 0.1) is 11.8 Å². The van der Waals surface area contributed by atoms with E-state index in [9.17, 15) is 19.2 Å². The van der Waals surface area contributed by atoms with Crippen molar-refractivity contribution >= 4 is 114 Å². The van der Waals surface area contributed by atoms with Gasteiger partial charge < -0.3 is 76.8 Å². The lowest BCUT2D eigenvalue weighted by atomic mass is 9.92. The molecule has 0 aliphatic carbocycles. The van der Waals surface area contributed by atoms with Gasteiger partial charge in [-0.3, -0.25) is 24.3 Å². The number of nitrogens with zero attached hydrogens (tertiary/aromatic N) is 13. The number of nitrogens with one attached hydrogen (secondary N) is 4. The zero-order valence-electron chi connectivity index (χ0n) is 82.5. The summed E-state index contributed by atoms with van der Waals surface area (Å²) in [6.45, 7) is 29.4. The highest BCUT2D eigenvalue weighted by Gasteiger charge is 2.41. The van der Waals surface area contributed by atoms with Crippen molar-refractivity contribution in [2.75, 3.05) is 112 Å². The Morgan fingerprint density at radius 1 is 0.393 bits per heavy atom. The SMILES string of the molecule is C=CCOC(=O)N1CCc2c([nH]c3ccc(Cl)cc23)C1c1ccc(OCCCn2ccnc2)cc1.C=COC(=O)N1CCc2c([nH]c3ccc(Cl)cc23)C1c1ccc(OCCCn2ccnc2)cc1.CC(C)COC(=O)N1CCc2c([nH]c3ccc(Cl)cc23)C1c1ccc(OCCCCN2CCN(C)CC2)cc1.CC(C)COC(=O)N1CCc2c([nH]c3ccc(Cl)cc23)C1c1ccc(OCCCCn2cncn2)cc1. The van der Waals surface area contributed by atoms with Crippen LogP contribution >= 0.6 is 46.4 Å². The van der Waals surface area contributed by atoms with Crippen LogP contribution in [0.1, 0.15) is 158 Å². The van der Waals surface area contributed by atoms with Gasteiger partial charge in [-0.05, 0) is 255 Å². The Kier molecular flexibility index (Phi) is 34.9. The van der Waals surface area contributed by atoms with Crippen molar-refractivity contribution in [1.82, 2.24) is 83.2 Å². The largest absolute Gasteiger partial charge is 0.494 e. The smallest absolute Gasteiger partial charge is 0.415 e. The average Bonchev–Trinajstić information content (AvgIpc) is 1.62. The van der Waals surface area contributed by atoms with Crippen molar-refractivity contribution in [1.29, 1.82) is 0 Å². The number of imidazole rings is 2. The topological polar surface area (TPSA) is 291 Å². The Morgan fingerprint density at radius 2 is 0.731 bits per heavy atom. The van der Waals surface area contributed by atoms with Gasteiger partial charge in [0.05, 0.1) is 58.6 Å². The number of likely N-dealkylation sites (N-methyl/N-ethyl adjacent to an activating group) is 1. The van der Waals surface area contributed by atoms with E-state index < -0.39 is 6.09 Å². The highest BCUT2D eigenvalue weighted by Crippen LogP contribution is 2.46. The molecule has 0 radical (unpaired) electrons. The van der Waals surface area contributed by atoms with Gasteiger partial charge in [-0.25, -0.2) is 34.1 Å². The van der Waals surface area contributed by atoms with Crippen molar-refractivity contribution in [2.45, 2.75) is 136 Å². The van der Waals surface area contributed by atoms with Gasteiger partial charge in [0.1, 0.15) is 66.4 Å². The number of rotatable bonds is 33. The maximum absolute atomic E-state index is 13.2. The fourth-order valence-electron chi connectivity index (χ4n) is 19.5. The molecule has 758 valence electrons. The van der Waals surface area contributed by atoms with Crippen LogP contribution in [-0.2, 0) is 64.3 Å². The zero-order valence-corrected chi connectivity index (χ0v) is 85.6. The van der Waals surface area contributed by atoms with E-state index in [-0.39, 0.29) is 60.9 Å². The van der Waals surface area contributed by atoms with E-state index in [2.05, 4.69) is 82.1 Å². The van der Waals surface area contributed by atoms with Gasteiger partial charge in [0.25, 0.3) is 0 Å². The third-order valence-corrected chi connectivity index (χ3v) is 27.6. The summed E-state index contributed by atoms with van der Waals surface area (Å²) in [6, 6.07) is 54.2. The summed E-state index contributed by atoms with van der Waals surface area (Å²) in [5.74, 6) is 3.78. The number of amides is 4. The molecule has 0 saturated carbocycles. The number of piperazine rings is 1. The third-order valence-electron chi connectivity index (χ3n) is 26.7. The molecule has 12 heterocycles. The molecule has 0 spiro atoms. The van der Waals surface area contributed by atoms with Gasteiger partial charge in [0.15, 0.2) is 0 Å². The predicted molar refractivity (Wildman–Crippen MR) is 567 cm³/mol. The van der Waals surface area contributed by atoms with E-state index in [1.54, 1.807) is 53.6 Å². The maximum atomic E-state index is 13.2. The predicted octanol–water partition coefficient (Wildman–Crippen LogP) is 23.5. The number of ether oxygens (including phenoxy) is 8. The van der Waals surface area contributed by atoms with Crippen LogP contribution in [0.25, 0.3) is 43.6 Å². The third kappa shape index (κ3) is 25.8. The first-order valence-electron chi connectivity index (χ1n) is 49.9. The molecule has 4 amide bonds. The first-order valence-corrected chi connectivity index (χ1v) is 51.4. The van der Waals surface area contributed by atoms with Crippen LogP contribution in [0.15, 0.2) is 245 Å². The Morgan fingerprint density at radius 3 is 1.05 bits per heavy atom. The molecule has 1 fully saturated rings. The molecular formula is C112H125Cl4N17O12. The number of halogens is 4. The minimum atomic E-state index is -0.429. The Bertz CT molecular complexity index is 6820. The average molecular weight is 2040 g/mol. The van der Waals surface area contributed by atoms with Crippen molar-refractivity contribution in [2.24, 2.45) is 11.8 Å². The number of hydrogen-bond acceptors (Lipinski definition) is 18. The lowest BCUT2D eigenvalue weighted by Gasteiger charge is -2.35. The van der Waals surface area contributed by atoms with Gasteiger partial charge >= 0.3 is 24.4 Å². The summed E-state index contributed by atoms with van der Waals surface area (Å²) < 4.78 is 51.6. The van der Waals surface area contributed by atoms with E-state index in [1.165, 1.54) is 28.5 Å². The van der Waals surface area contributed by atoms with Crippen molar-refractivity contribution in [3.63, 3.8) is 0 Å². The van der Waals surface area contributed by atoms with Crippen LogP contribution < -0.4 is 18.9 Å². The number of aromatic amines is 4. The minimum absolute atomic E-state index is 0.170. The molecule has 4 N–H and O–H groups in total. The highest BCUT2D eigenvalue weighted by atomic mass is 35.5. The second kappa shape index (κ2) is 49.3. The van der Waals surface area contributed by atoms with Gasteiger partial charge in [-0.15, -0.1) is 0 Å². The number of fused-ring (bicyclic) bond motifs is 12. The van der Waals surface area contributed by atoms with Crippen molar-refractivity contribution in [3.8, 4) is 23.0 Å². The zero-order chi connectivity index (χ0) is 101. The number of carbonyl (C=O) groups is 4. The number of unbranched alkanes of at least 4 members (excludes halogenated alkanes) is 2. The van der Waals surface area contributed by atoms with Crippen molar-refractivity contribution in [3.05, 3.63) is 333 Å². The summed E-state index contributed by atoms with van der Waals surface area (Å²) in [5.41, 5.74) is 16.8. The molecule has 15 aromatic rings. The lowest BCUT2D eigenvalue weighted by molar-refractivity contribution is 0.0791. The molecule has 29 nitrogen and oxygen atoms in total. The second-order valence-electron chi connectivity index (χ2n) is 37.8. The lowest BCUT2D eigenvalue weighted by Crippen LogP contribution is -2.44. The fraction of sp³-hybridized carbons (Fsp3) is 0.357. The molecule has 20 rings (SSSR count). The fourth-order valence-corrected chi connectivity index (χ4v) is 20.2. The van der Waals surface area contributed by atoms with E-state index >= 15 is 0 Å². The Hall–Kier alpha value is -13.7. The normalized spacial score (nSPS) is 16.1. The number of aromatic nitrogens is 11. The standard InChI is InChI=1S/C31H41ClN4O3.C28H32ClN5O3.C27H27ClN4O3.C26H25ClN4O3/c1-22(2)21-39-31(37)36-14-12-26-27-20-24(32)8-11-28(27)33-29(26)30(36)23-6-9-25(10-7-23)38-19-5-4-13-35-17-15-34(3)16-18-35;1-19(2)16-37-28(35)34-13-11-23-24-15-21(29)7-10-25(24)32-26(23)27(34)20-5-8-22(9-6-20)36-14-4-3-12-33-18-30-17-31-33;1-2-15-35-27(33)32-13-10-22-23-17-20(28)6-9-24(23)30-25(22)26(32)19-4-7-21(8-5-19)34-16-3-12-31-14-11-29-18-31;1-2-33-26(32)31-13-10-21-22-16-19(27)6-9-23(22)29-24(21)25(31)18-4-7-20(8-5-18)34-15-3-12-30-14-11-28-17-30/h6-11,20,22,30,33H,4-5,12-19,21H2,1-3H3;5-10,15,17-19,27,32H,3-4,11-14,16H2,1-2H3;2,4-9,11,14,17-18,26,30H,1,3,10,12-13,15-16H2;2,4-9,11,14,16-17,25,29H,1,3,10,12-13,15H2. The number of aryl methyl sites for hydroxylation is 3. The molecule has 1 saturated heterocycles. The summed E-state index contributed by atoms with van der Waals surface area (Å²) in [7, 11) is 2.19. The number of H-pyrrole nitrogens is 4. The molecule has 7 aromatic heterocycles. The van der Waals surface area contributed by atoms with Gasteiger partial charge in [0, 0.05) is 183 Å². The maximum Gasteiger partial charge on any atom is 0.415 e. The molecule has 5 aliphatic rings. The second-order valence-corrected chi connectivity index (χ2v) is 39.5. The number of hydrogen-bond donors (Lipinski definition) is 4. The number of benzene rings is 8. The van der Waals surface area contributed by atoms with Crippen LogP contribution in [0.2, 0.25) is 20.1 Å². The highest BCUT2D eigenvalue weighted by molar-refractivity contribution is 6.32. The summed E-state index contributed by atoms with van der Waals surface area (Å²) in [5, 5.41) is 11.3. The Labute approximate surface area is 864 Å². The monoisotopic (exact) mass is 2040 g/mol. The summed E-state index contributed by atoms with van der Waals surface area (Å²) >= 11 is 25.2. The van der Waals surface area contributed by atoms with E-state index in [1.807, 2.05) is 221 Å². The minimum Gasteiger partial charge on any atom is -0.494 e. The van der Waals surface area contributed by atoms with Crippen LogP contribution in [0.5, 0.6) is 23.0 Å². The number of carbonyl (C=O) groups excluding carboxylic acids is 4. The summed E-state index contributed by atoms with van der Waals surface area (Å²) in [6.07, 6.45) is 24.4. The molecule has 4 atom stereocenters. The molecule has 5 aliphatic heterocycles. The first kappa shape index (κ1) is 103. The van der Waals surface area contributed by atoms with Crippen molar-refractivity contribution < 1.29 is 57.1 Å². The van der Waals surface area contributed by atoms with Crippen LogP contribution in [0.3, 0.4) is 0 Å². The van der Waals surface area contributed by atoms with E-state index in [0.717, 1.165) is 215 Å². The van der Waals surface area contributed by atoms with E-state index in [4.69, 9.17) is 84.3 Å². The molecule has 145 heavy (non-hydrogen) atoms. The van der Waals surface area contributed by atoms with Gasteiger partial charge in [-0.1, -0.05) is 142 Å². The molecule has 4 unspecified atom stereocenters. The molecular weight excluding hydrogens is 1920 g/mol. The molecule has 0 bridgehead atoms. The molecule has 8 aromatic carbocycles. The van der Waals surface area contributed by atoms with Gasteiger partial charge in [0.2, 0.25) is 0 Å². The molecule has 33 heteroatoms. The quantitative estimate of drug-likeness (QED) is 0.0129.